The van der Waals surface area contributed by atoms with E-state index >= 15 is 0 Å². The van der Waals surface area contributed by atoms with Crippen molar-refractivity contribution in [2.24, 2.45) is 0 Å². The number of oxazole rings is 1. The summed E-state index contributed by atoms with van der Waals surface area (Å²) in [7, 11) is 3.12. The molecule has 0 aliphatic heterocycles. The minimum absolute atomic E-state index is 0.191. The number of nitrogens with zero attached hydrogens (tertiary/aromatic N) is 1. The highest BCUT2D eigenvalue weighted by atomic mass is 16.5. The number of aryl methyl sites for hydroxylation is 1. The SMILES string of the molecule is COc1ccc(-c2nc(C)oc2C=O)c(OC)c1. The second kappa shape index (κ2) is 4.91. The Bertz CT molecular complexity index is 574. The molecule has 0 radical (unpaired) electrons. The number of hydrogen-bond donors (Lipinski definition) is 0. The molecule has 0 saturated carbocycles. The summed E-state index contributed by atoms with van der Waals surface area (Å²) in [4.78, 5) is 15.1. The van der Waals surface area contributed by atoms with E-state index in [9.17, 15) is 4.79 Å². The third-order valence-electron chi connectivity index (χ3n) is 2.53. The van der Waals surface area contributed by atoms with Crippen LogP contribution in [0.25, 0.3) is 11.3 Å². The molecule has 0 saturated heterocycles. The fourth-order valence-corrected chi connectivity index (χ4v) is 1.71. The highest BCUT2D eigenvalue weighted by molar-refractivity contribution is 5.84. The van der Waals surface area contributed by atoms with Crippen molar-refractivity contribution in [3.05, 3.63) is 29.9 Å². The van der Waals surface area contributed by atoms with Gasteiger partial charge in [-0.3, -0.25) is 4.79 Å². The van der Waals surface area contributed by atoms with Gasteiger partial charge in [-0.15, -0.1) is 0 Å². The zero-order valence-corrected chi connectivity index (χ0v) is 10.4. The molecule has 0 atom stereocenters. The van der Waals surface area contributed by atoms with Gasteiger partial charge in [0.15, 0.2) is 17.9 Å². The Kier molecular flexibility index (Phi) is 3.32. The summed E-state index contributed by atoms with van der Waals surface area (Å²) in [6, 6.07) is 5.28. The summed E-state index contributed by atoms with van der Waals surface area (Å²) >= 11 is 0. The summed E-state index contributed by atoms with van der Waals surface area (Å²) in [6.07, 6.45) is 0.638. The lowest BCUT2D eigenvalue weighted by Crippen LogP contribution is -1.92. The molecule has 0 fully saturated rings. The molecule has 1 aromatic heterocycles. The van der Waals surface area contributed by atoms with E-state index in [2.05, 4.69) is 4.98 Å². The second-order valence-corrected chi connectivity index (χ2v) is 3.63. The Balaban J connectivity index is 2.59. The molecule has 0 aliphatic carbocycles. The average Bonchev–Trinajstić information content (AvgIpc) is 2.78. The van der Waals surface area contributed by atoms with Gasteiger partial charge < -0.3 is 13.9 Å². The quantitative estimate of drug-likeness (QED) is 0.777. The number of methoxy groups -OCH3 is 2. The van der Waals surface area contributed by atoms with Crippen molar-refractivity contribution in [2.75, 3.05) is 14.2 Å². The smallest absolute Gasteiger partial charge is 0.195 e. The summed E-state index contributed by atoms with van der Waals surface area (Å²) in [5.74, 6) is 1.87. The maximum absolute atomic E-state index is 10.9. The van der Waals surface area contributed by atoms with Crippen LogP contribution in [0.3, 0.4) is 0 Å². The number of carbonyl (C=O) groups excluding carboxylic acids is 1. The molecule has 0 amide bonds. The maximum atomic E-state index is 10.9. The lowest BCUT2D eigenvalue weighted by Gasteiger charge is -2.08. The van der Waals surface area contributed by atoms with Crippen LogP contribution in [0.5, 0.6) is 11.5 Å². The van der Waals surface area contributed by atoms with Crippen molar-refractivity contribution in [2.45, 2.75) is 6.92 Å². The molecule has 0 aliphatic rings. The van der Waals surface area contributed by atoms with Gasteiger partial charge in [-0.25, -0.2) is 4.98 Å². The van der Waals surface area contributed by atoms with E-state index in [0.29, 0.717) is 34.9 Å². The van der Waals surface area contributed by atoms with Crippen LogP contribution in [0.1, 0.15) is 16.4 Å². The van der Waals surface area contributed by atoms with Gasteiger partial charge >= 0.3 is 0 Å². The zero-order valence-electron chi connectivity index (χ0n) is 10.4. The average molecular weight is 247 g/mol. The number of hydrogen-bond acceptors (Lipinski definition) is 5. The van der Waals surface area contributed by atoms with Crippen molar-refractivity contribution < 1.29 is 18.7 Å². The lowest BCUT2D eigenvalue weighted by molar-refractivity contribution is 0.110. The van der Waals surface area contributed by atoms with E-state index in [1.54, 1.807) is 39.3 Å². The number of carbonyl (C=O) groups is 1. The van der Waals surface area contributed by atoms with Crippen LogP contribution in [0.4, 0.5) is 0 Å². The van der Waals surface area contributed by atoms with Gasteiger partial charge in [-0.2, -0.15) is 0 Å². The Hall–Kier alpha value is -2.30. The first-order valence-corrected chi connectivity index (χ1v) is 5.34. The molecule has 0 spiro atoms. The third-order valence-corrected chi connectivity index (χ3v) is 2.53. The largest absolute Gasteiger partial charge is 0.497 e. The predicted octanol–water partition coefficient (Wildman–Crippen LogP) is 2.48. The first-order valence-electron chi connectivity index (χ1n) is 5.34. The van der Waals surface area contributed by atoms with Crippen LogP contribution in [0.2, 0.25) is 0 Å². The van der Waals surface area contributed by atoms with Crippen molar-refractivity contribution in [1.82, 2.24) is 4.98 Å². The fraction of sp³-hybridized carbons (Fsp3) is 0.231. The van der Waals surface area contributed by atoms with Crippen LogP contribution in [0, 0.1) is 6.92 Å². The van der Waals surface area contributed by atoms with Crippen molar-refractivity contribution in [1.29, 1.82) is 0 Å². The molecule has 5 heteroatoms. The highest BCUT2D eigenvalue weighted by Crippen LogP contribution is 2.34. The van der Waals surface area contributed by atoms with Gasteiger partial charge in [-0.1, -0.05) is 0 Å². The molecule has 2 aromatic rings. The van der Waals surface area contributed by atoms with Gasteiger partial charge in [-0.05, 0) is 12.1 Å². The van der Waals surface area contributed by atoms with Crippen molar-refractivity contribution in [3.8, 4) is 22.8 Å². The van der Waals surface area contributed by atoms with Crippen molar-refractivity contribution >= 4 is 6.29 Å². The van der Waals surface area contributed by atoms with Gasteiger partial charge in [0.05, 0.1) is 14.2 Å². The number of aldehydes is 1. The molecule has 2 rings (SSSR count). The number of aromatic nitrogens is 1. The van der Waals surface area contributed by atoms with Crippen LogP contribution in [-0.4, -0.2) is 25.5 Å². The topological polar surface area (TPSA) is 61.6 Å². The van der Waals surface area contributed by atoms with E-state index in [0.717, 1.165) is 0 Å². The molecule has 0 unspecified atom stereocenters. The summed E-state index contributed by atoms with van der Waals surface area (Å²) < 4.78 is 15.6. The minimum atomic E-state index is 0.191. The summed E-state index contributed by atoms with van der Waals surface area (Å²) in [5, 5.41) is 0. The van der Waals surface area contributed by atoms with Gasteiger partial charge in [0.25, 0.3) is 0 Å². The first kappa shape index (κ1) is 12.2. The standard InChI is InChI=1S/C13H13NO4/c1-8-14-13(12(7-15)18-8)10-5-4-9(16-2)6-11(10)17-3/h4-7H,1-3H3. The number of rotatable bonds is 4. The summed E-state index contributed by atoms with van der Waals surface area (Å²) in [5.41, 5.74) is 1.17. The Morgan fingerprint density at radius 3 is 2.67 bits per heavy atom. The first-order chi connectivity index (χ1) is 8.69. The van der Waals surface area contributed by atoms with Crippen LogP contribution >= 0.6 is 0 Å². The molecule has 18 heavy (non-hydrogen) atoms. The molecule has 0 bridgehead atoms. The van der Waals surface area contributed by atoms with Crippen LogP contribution in [-0.2, 0) is 0 Å². The van der Waals surface area contributed by atoms with E-state index in [4.69, 9.17) is 13.9 Å². The van der Waals surface area contributed by atoms with E-state index in [-0.39, 0.29) is 5.76 Å². The zero-order chi connectivity index (χ0) is 13.1. The van der Waals surface area contributed by atoms with E-state index < -0.39 is 0 Å². The Morgan fingerprint density at radius 2 is 2.06 bits per heavy atom. The van der Waals surface area contributed by atoms with Crippen LogP contribution < -0.4 is 9.47 Å². The number of benzene rings is 1. The third kappa shape index (κ3) is 2.07. The van der Waals surface area contributed by atoms with E-state index in [1.165, 1.54) is 0 Å². The van der Waals surface area contributed by atoms with Gasteiger partial charge in [0, 0.05) is 18.6 Å². The summed E-state index contributed by atoms with van der Waals surface area (Å²) in [6.45, 7) is 1.69. The Labute approximate surface area is 104 Å². The molecular weight excluding hydrogens is 234 g/mol. The second-order valence-electron chi connectivity index (χ2n) is 3.63. The molecule has 1 aromatic carbocycles. The fourth-order valence-electron chi connectivity index (χ4n) is 1.71. The predicted molar refractivity (Wildman–Crippen MR) is 65.2 cm³/mol. The monoisotopic (exact) mass is 247 g/mol. The van der Waals surface area contributed by atoms with E-state index in [1.807, 2.05) is 0 Å². The Morgan fingerprint density at radius 1 is 1.28 bits per heavy atom. The molecule has 1 heterocycles. The maximum Gasteiger partial charge on any atom is 0.195 e. The molecule has 0 N–H and O–H groups in total. The minimum Gasteiger partial charge on any atom is -0.497 e. The van der Waals surface area contributed by atoms with Crippen molar-refractivity contribution in [3.63, 3.8) is 0 Å². The number of ether oxygens (including phenoxy) is 2. The molecule has 5 nitrogen and oxygen atoms in total. The van der Waals surface area contributed by atoms with Gasteiger partial charge in [0.1, 0.15) is 17.2 Å². The molecule has 94 valence electrons. The van der Waals surface area contributed by atoms with Gasteiger partial charge in [0.2, 0.25) is 0 Å². The normalized spacial score (nSPS) is 10.2. The lowest BCUT2D eigenvalue weighted by atomic mass is 10.1. The highest BCUT2D eigenvalue weighted by Gasteiger charge is 2.17. The molecular formula is C13H13NO4. The van der Waals surface area contributed by atoms with Crippen LogP contribution in [0.15, 0.2) is 22.6 Å².